The summed E-state index contributed by atoms with van der Waals surface area (Å²) in [6.45, 7) is 3.74. The van der Waals surface area contributed by atoms with E-state index in [1.807, 2.05) is 31.2 Å². The Morgan fingerprint density at radius 2 is 2.00 bits per heavy atom. The number of fused-ring (bicyclic) bond motifs is 1. The molecule has 0 radical (unpaired) electrons. The van der Waals surface area contributed by atoms with Crippen molar-refractivity contribution >= 4 is 12.4 Å². The quantitative estimate of drug-likeness (QED) is 0.885. The van der Waals surface area contributed by atoms with Gasteiger partial charge in [0.25, 0.3) is 0 Å². The third-order valence-corrected chi connectivity index (χ3v) is 3.92. The number of rotatable bonds is 5. The third-order valence-electron chi connectivity index (χ3n) is 3.92. The van der Waals surface area contributed by atoms with Gasteiger partial charge in [-0.25, -0.2) is 4.39 Å². The van der Waals surface area contributed by atoms with E-state index in [1.165, 1.54) is 13.2 Å². The van der Waals surface area contributed by atoms with Crippen molar-refractivity contribution in [2.24, 2.45) is 0 Å². The van der Waals surface area contributed by atoms with Crippen molar-refractivity contribution in [2.75, 3.05) is 20.3 Å². The van der Waals surface area contributed by atoms with E-state index in [2.05, 4.69) is 5.32 Å². The van der Waals surface area contributed by atoms with Gasteiger partial charge in [0.15, 0.2) is 23.1 Å². The Labute approximate surface area is 147 Å². The molecule has 1 unspecified atom stereocenters. The fourth-order valence-corrected chi connectivity index (χ4v) is 2.61. The van der Waals surface area contributed by atoms with Crippen molar-refractivity contribution in [1.29, 1.82) is 0 Å². The van der Waals surface area contributed by atoms with Crippen LogP contribution in [-0.2, 0) is 6.54 Å². The molecule has 2 aromatic rings. The highest BCUT2D eigenvalue weighted by Crippen LogP contribution is 2.33. The molecule has 0 saturated carbocycles. The summed E-state index contributed by atoms with van der Waals surface area (Å²) in [5.74, 6) is 1.47. The van der Waals surface area contributed by atoms with Crippen LogP contribution in [0.4, 0.5) is 4.39 Å². The van der Waals surface area contributed by atoms with E-state index in [-0.39, 0.29) is 30.0 Å². The molecular formula is C18H21ClFNO3. The standard InChI is InChI=1S/C18H20FNO3.ClH/c1-12(13-6-7-16(21-2)15(19)10-13)20-11-14-4-3-5-17-18(14)23-9-8-22-17;/h3-7,10,12,20H,8-9,11H2,1-2H3;1H. The minimum Gasteiger partial charge on any atom is -0.494 e. The van der Waals surface area contributed by atoms with Gasteiger partial charge in [-0.3, -0.25) is 0 Å². The average molecular weight is 354 g/mol. The highest BCUT2D eigenvalue weighted by Gasteiger charge is 2.16. The van der Waals surface area contributed by atoms with Crippen molar-refractivity contribution < 1.29 is 18.6 Å². The summed E-state index contributed by atoms with van der Waals surface area (Å²) in [6, 6.07) is 10.8. The molecule has 3 rings (SSSR count). The van der Waals surface area contributed by atoms with Crippen LogP contribution in [0.3, 0.4) is 0 Å². The maximum Gasteiger partial charge on any atom is 0.165 e. The third kappa shape index (κ3) is 3.91. The molecule has 1 aliphatic rings. The Balaban J connectivity index is 0.00000208. The van der Waals surface area contributed by atoms with Crippen LogP contribution < -0.4 is 19.5 Å². The predicted octanol–water partition coefficient (Wildman–Crippen LogP) is 3.88. The SMILES string of the molecule is COc1ccc(C(C)NCc2cccc3c2OCCO3)cc1F.Cl. The van der Waals surface area contributed by atoms with E-state index in [0.717, 1.165) is 22.6 Å². The second kappa shape index (κ2) is 8.22. The molecule has 0 bridgehead atoms. The predicted molar refractivity (Wildman–Crippen MR) is 92.9 cm³/mol. The molecule has 1 N–H and O–H groups in total. The summed E-state index contributed by atoms with van der Waals surface area (Å²) < 4.78 is 30.0. The van der Waals surface area contributed by atoms with Crippen LogP contribution in [0, 0.1) is 5.82 Å². The van der Waals surface area contributed by atoms with Crippen molar-refractivity contribution in [1.82, 2.24) is 5.32 Å². The van der Waals surface area contributed by atoms with E-state index in [9.17, 15) is 4.39 Å². The molecule has 4 nitrogen and oxygen atoms in total. The molecule has 130 valence electrons. The number of benzene rings is 2. The van der Waals surface area contributed by atoms with Gasteiger partial charge in [-0.1, -0.05) is 18.2 Å². The molecule has 1 aliphatic heterocycles. The lowest BCUT2D eigenvalue weighted by Gasteiger charge is -2.22. The number of ether oxygens (including phenoxy) is 3. The Kier molecular flexibility index (Phi) is 6.29. The maximum atomic E-state index is 13.8. The largest absolute Gasteiger partial charge is 0.494 e. The Hall–Kier alpha value is -1.98. The summed E-state index contributed by atoms with van der Waals surface area (Å²) in [5, 5.41) is 3.39. The van der Waals surface area contributed by atoms with E-state index in [0.29, 0.717) is 19.8 Å². The molecule has 0 saturated heterocycles. The second-order valence-corrected chi connectivity index (χ2v) is 5.44. The van der Waals surface area contributed by atoms with Gasteiger partial charge in [0.2, 0.25) is 0 Å². The summed E-state index contributed by atoms with van der Waals surface area (Å²) >= 11 is 0. The minimum atomic E-state index is -0.354. The lowest BCUT2D eigenvalue weighted by molar-refractivity contribution is 0.169. The number of hydrogen-bond donors (Lipinski definition) is 1. The van der Waals surface area contributed by atoms with Crippen LogP contribution in [0.1, 0.15) is 24.1 Å². The van der Waals surface area contributed by atoms with Crippen LogP contribution in [0.5, 0.6) is 17.2 Å². The number of nitrogens with one attached hydrogen (secondary N) is 1. The summed E-state index contributed by atoms with van der Waals surface area (Å²) in [7, 11) is 1.46. The first-order chi connectivity index (χ1) is 11.2. The molecule has 0 amide bonds. The van der Waals surface area contributed by atoms with Crippen molar-refractivity contribution in [3.05, 3.63) is 53.3 Å². The van der Waals surface area contributed by atoms with Gasteiger partial charge in [0.05, 0.1) is 7.11 Å². The molecule has 0 fully saturated rings. The Morgan fingerprint density at radius 1 is 1.21 bits per heavy atom. The second-order valence-electron chi connectivity index (χ2n) is 5.44. The molecule has 0 spiro atoms. The van der Waals surface area contributed by atoms with Crippen LogP contribution >= 0.6 is 12.4 Å². The lowest BCUT2D eigenvalue weighted by Crippen LogP contribution is -2.21. The number of methoxy groups -OCH3 is 1. The Bertz CT molecular complexity index is 696. The van der Waals surface area contributed by atoms with Crippen LogP contribution in [0.2, 0.25) is 0 Å². The van der Waals surface area contributed by atoms with Gasteiger partial charge in [0.1, 0.15) is 13.2 Å². The number of hydrogen-bond acceptors (Lipinski definition) is 4. The smallest absolute Gasteiger partial charge is 0.165 e. The van der Waals surface area contributed by atoms with Crippen LogP contribution in [0.15, 0.2) is 36.4 Å². The lowest BCUT2D eigenvalue weighted by atomic mass is 10.1. The van der Waals surface area contributed by atoms with E-state index in [1.54, 1.807) is 6.07 Å². The van der Waals surface area contributed by atoms with Gasteiger partial charge in [-0.05, 0) is 30.7 Å². The molecule has 24 heavy (non-hydrogen) atoms. The Morgan fingerprint density at radius 3 is 2.75 bits per heavy atom. The van der Waals surface area contributed by atoms with Gasteiger partial charge < -0.3 is 19.5 Å². The van der Waals surface area contributed by atoms with Gasteiger partial charge >= 0.3 is 0 Å². The molecule has 2 aromatic carbocycles. The normalized spacial score (nSPS) is 13.8. The number of para-hydroxylation sites is 1. The summed E-state index contributed by atoms with van der Waals surface area (Å²) in [6.07, 6.45) is 0. The summed E-state index contributed by atoms with van der Waals surface area (Å²) in [4.78, 5) is 0. The van der Waals surface area contributed by atoms with Crippen molar-refractivity contribution in [3.63, 3.8) is 0 Å². The highest BCUT2D eigenvalue weighted by atomic mass is 35.5. The van der Waals surface area contributed by atoms with Gasteiger partial charge in [-0.15, -0.1) is 12.4 Å². The average Bonchev–Trinajstić information content (AvgIpc) is 2.59. The molecule has 0 aromatic heterocycles. The zero-order valence-corrected chi connectivity index (χ0v) is 14.5. The fraction of sp³-hybridized carbons (Fsp3) is 0.333. The van der Waals surface area contributed by atoms with Crippen LogP contribution in [0.25, 0.3) is 0 Å². The van der Waals surface area contributed by atoms with E-state index in [4.69, 9.17) is 14.2 Å². The zero-order chi connectivity index (χ0) is 16.2. The first kappa shape index (κ1) is 18.4. The first-order valence-corrected chi connectivity index (χ1v) is 7.63. The molecule has 0 aliphatic carbocycles. The summed E-state index contributed by atoms with van der Waals surface area (Å²) in [5.41, 5.74) is 1.90. The molecule has 6 heteroatoms. The molecule has 1 atom stereocenters. The molecular weight excluding hydrogens is 333 g/mol. The first-order valence-electron chi connectivity index (χ1n) is 7.63. The highest BCUT2D eigenvalue weighted by molar-refractivity contribution is 5.85. The zero-order valence-electron chi connectivity index (χ0n) is 13.7. The topological polar surface area (TPSA) is 39.7 Å². The minimum absolute atomic E-state index is 0. The van der Waals surface area contributed by atoms with Crippen LogP contribution in [-0.4, -0.2) is 20.3 Å². The number of halogens is 2. The maximum absolute atomic E-state index is 13.8. The van der Waals surface area contributed by atoms with Crippen molar-refractivity contribution in [3.8, 4) is 17.2 Å². The molecule has 1 heterocycles. The van der Waals surface area contributed by atoms with Gasteiger partial charge in [0, 0.05) is 18.2 Å². The fourth-order valence-electron chi connectivity index (χ4n) is 2.61. The monoisotopic (exact) mass is 353 g/mol. The van der Waals surface area contributed by atoms with Crippen molar-refractivity contribution in [2.45, 2.75) is 19.5 Å². The van der Waals surface area contributed by atoms with E-state index >= 15 is 0 Å². The van der Waals surface area contributed by atoms with E-state index < -0.39 is 0 Å². The van der Waals surface area contributed by atoms with Gasteiger partial charge in [-0.2, -0.15) is 0 Å².